The van der Waals surface area contributed by atoms with Crippen LogP contribution < -0.4 is 14.8 Å². The van der Waals surface area contributed by atoms with Crippen LogP contribution in [-0.2, 0) is 11.2 Å². The molecule has 1 saturated heterocycles. The Morgan fingerprint density at radius 1 is 1.12 bits per heavy atom. The van der Waals surface area contributed by atoms with Crippen molar-refractivity contribution in [3.05, 3.63) is 28.4 Å². The predicted molar refractivity (Wildman–Crippen MR) is 156 cm³/mol. The van der Waals surface area contributed by atoms with E-state index in [2.05, 4.69) is 43.1 Å². The molecule has 2 amide bonds. The summed E-state index contributed by atoms with van der Waals surface area (Å²) in [7, 11) is 4.31. The van der Waals surface area contributed by atoms with Crippen molar-refractivity contribution in [3.63, 3.8) is 0 Å². The largest absolute Gasteiger partial charge is 0.448 e. The summed E-state index contributed by atoms with van der Waals surface area (Å²) in [6, 6.07) is 0.763. The summed E-state index contributed by atoms with van der Waals surface area (Å²) in [5.41, 5.74) is 5.34. The fourth-order valence-corrected chi connectivity index (χ4v) is 8.22. The molecule has 3 unspecified atom stereocenters. The van der Waals surface area contributed by atoms with E-state index in [0.717, 1.165) is 59.4 Å². The molecule has 2 fully saturated rings. The van der Waals surface area contributed by atoms with Crippen molar-refractivity contribution < 1.29 is 19.1 Å². The molecule has 4 aliphatic rings. The van der Waals surface area contributed by atoms with Crippen molar-refractivity contribution in [2.45, 2.75) is 84.1 Å². The molecule has 2 aromatic rings. The molecule has 0 radical (unpaired) electrons. The second kappa shape index (κ2) is 10.3. The van der Waals surface area contributed by atoms with E-state index in [0.29, 0.717) is 36.9 Å². The van der Waals surface area contributed by atoms with Crippen LogP contribution in [0.15, 0.2) is 11.7 Å². The minimum absolute atomic E-state index is 0.0189. The number of nitrogens with zero attached hydrogens (tertiary/aromatic N) is 3. The number of carbonyl (C=O) groups excluding carboxylic acids is 2. The standard InChI is InChI=1S/C31H42N4O4S/c1-17-13-18(2)33-29(36)23(17)15-35-12-11-22-25(30(35)37)19(3)27-28(26(22)24-14-32-16-40-24)39-31(4,38-27)20-7-9-21(10-8-20)34(5)6/h14,16-18,20-21,23H,7-13,15H2,1-6H3,(H,33,36)/t17?,18?,20?,21?,23?,31-/m1/s1. The van der Waals surface area contributed by atoms with E-state index >= 15 is 0 Å². The van der Waals surface area contributed by atoms with E-state index in [1.807, 2.05) is 30.5 Å². The maximum absolute atomic E-state index is 14.2. The summed E-state index contributed by atoms with van der Waals surface area (Å²) in [4.78, 5) is 36.6. The Balaban J connectivity index is 1.34. The van der Waals surface area contributed by atoms with E-state index in [-0.39, 0.29) is 35.6 Å². The van der Waals surface area contributed by atoms with Gasteiger partial charge in [0.2, 0.25) is 5.91 Å². The number of benzene rings is 1. The zero-order chi connectivity index (χ0) is 28.3. The van der Waals surface area contributed by atoms with E-state index in [1.165, 1.54) is 0 Å². The highest BCUT2D eigenvalue weighted by atomic mass is 32.1. The van der Waals surface area contributed by atoms with E-state index in [1.54, 1.807) is 11.3 Å². The first-order valence-electron chi connectivity index (χ1n) is 14.8. The monoisotopic (exact) mass is 566 g/mol. The Bertz CT molecular complexity index is 1300. The lowest BCUT2D eigenvalue weighted by Gasteiger charge is -2.39. The molecular weight excluding hydrogens is 524 g/mol. The average Bonchev–Trinajstić information content (AvgIpc) is 3.56. The van der Waals surface area contributed by atoms with Crippen LogP contribution in [0.5, 0.6) is 11.5 Å². The normalized spacial score (nSPS) is 31.9. The quantitative estimate of drug-likeness (QED) is 0.555. The summed E-state index contributed by atoms with van der Waals surface area (Å²) in [6.45, 7) is 9.25. The number of aromatic nitrogens is 1. The molecule has 0 bridgehead atoms. The van der Waals surface area contributed by atoms with Gasteiger partial charge in [-0.1, -0.05) is 6.92 Å². The molecule has 8 nitrogen and oxygen atoms in total. The minimum atomic E-state index is -0.775. The van der Waals surface area contributed by atoms with Gasteiger partial charge in [0.25, 0.3) is 11.7 Å². The Hall–Kier alpha value is -2.65. The third kappa shape index (κ3) is 4.59. The van der Waals surface area contributed by atoms with Crippen LogP contribution in [0.3, 0.4) is 0 Å². The van der Waals surface area contributed by atoms with Crippen LogP contribution in [0.1, 0.15) is 74.4 Å². The molecule has 1 aromatic heterocycles. The lowest BCUT2D eigenvalue weighted by Crippen LogP contribution is -2.52. The first-order valence-corrected chi connectivity index (χ1v) is 15.7. The van der Waals surface area contributed by atoms with Gasteiger partial charge in [0.1, 0.15) is 0 Å². The van der Waals surface area contributed by atoms with Crippen molar-refractivity contribution in [2.75, 3.05) is 27.2 Å². The maximum Gasteiger partial charge on any atom is 0.254 e. The summed E-state index contributed by atoms with van der Waals surface area (Å²) in [5.74, 6) is 1.00. The average molecular weight is 567 g/mol. The van der Waals surface area contributed by atoms with Gasteiger partial charge in [0.05, 0.1) is 21.9 Å². The Kier molecular flexibility index (Phi) is 7.10. The molecule has 1 aromatic carbocycles. The molecule has 3 aliphatic heterocycles. The summed E-state index contributed by atoms with van der Waals surface area (Å²) in [5, 5.41) is 3.08. The van der Waals surface area contributed by atoms with Crippen LogP contribution in [0.2, 0.25) is 0 Å². The van der Waals surface area contributed by atoms with Crippen molar-refractivity contribution >= 4 is 23.2 Å². The van der Waals surface area contributed by atoms with Crippen LogP contribution in [0, 0.1) is 24.7 Å². The Morgan fingerprint density at radius 2 is 1.85 bits per heavy atom. The number of rotatable bonds is 5. The number of carbonyl (C=O) groups is 2. The van der Waals surface area contributed by atoms with Crippen molar-refractivity contribution in [1.82, 2.24) is 20.1 Å². The van der Waals surface area contributed by atoms with Gasteiger partial charge in [-0.25, -0.2) is 0 Å². The number of hydrogen-bond acceptors (Lipinski definition) is 7. The number of amides is 2. The summed E-state index contributed by atoms with van der Waals surface area (Å²) < 4.78 is 13.6. The first-order chi connectivity index (χ1) is 19.1. The topological polar surface area (TPSA) is 84.0 Å². The molecule has 4 atom stereocenters. The van der Waals surface area contributed by atoms with Crippen LogP contribution in [0.25, 0.3) is 10.4 Å². The van der Waals surface area contributed by atoms with Gasteiger partial charge in [0.15, 0.2) is 11.5 Å². The lowest BCUT2D eigenvalue weighted by atomic mass is 9.81. The molecule has 40 heavy (non-hydrogen) atoms. The highest BCUT2D eigenvalue weighted by Gasteiger charge is 2.49. The maximum atomic E-state index is 14.2. The van der Waals surface area contributed by atoms with Crippen LogP contribution in [0.4, 0.5) is 0 Å². The number of hydrogen-bond donors (Lipinski definition) is 1. The SMILES string of the molecule is Cc1c2c(c(-c3cncs3)c3c1C(=O)N(CC1C(=O)NC(C)CC1C)CC3)O[C@](C)(C1CCC(N(C)C)CC1)O2. The fourth-order valence-electron chi connectivity index (χ4n) is 7.52. The number of nitrogens with one attached hydrogen (secondary N) is 1. The van der Waals surface area contributed by atoms with E-state index < -0.39 is 5.79 Å². The highest BCUT2D eigenvalue weighted by Crippen LogP contribution is 2.55. The Morgan fingerprint density at radius 3 is 2.50 bits per heavy atom. The second-order valence-electron chi connectivity index (χ2n) is 12.8. The number of piperidine rings is 1. The molecule has 1 N–H and O–H groups in total. The van der Waals surface area contributed by atoms with E-state index in [4.69, 9.17) is 9.47 Å². The van der Waals surface area contributed by atoms with Gasteiger partial charge in [-0.3, -0.25) is 14.6 Å². The minimum Gasteiger partial charge on any atom is -0.448 e. The van der Waals surface area contributed by atoms with Crippen molar-refractivity contribution in [3.8, 4) is 21.9 Å². The van der Waals surface area contributed by atoms with Gasteiger partial charge in [-0.2, -0.15) is 0 Å². The molecule has 6 rings (SSSR count). The van der Waals surface area contributed by atoms with Gasteiger partial charge in [-0.15, -0.1) is 11.3 Å². The summed E-state index contributed by atoms with van der Waals surface area (Å²) >= 11 is 1.56. The lowest BCUT2D eigenvalue weighted by molar-refractivity contribution is -0.130. The van der Waals surface area contributed by atoms with Gasteiger partial charge >= 0.3 is 0 Å². The first kappa shape index (κ1) is 27.5. The smallest absolute Gasteiger partial charge is 0.254 e. The van der Waals surface area contributed by atoms with Gasteiger partial charge < -0.3 is 24.6 Å². The number of ether oxygens (including phenoxy) is 2. The Labute approximate surface area is 241 Å². The third-order valence-electron chi connectivity index (χ3n) is 9.90. The number of fused-ring (bicyclic) bond motifs is 2. The predicted octanol–water partition coefficient (Wildman–Crippen LogP) is 4.89. The zero-order valence-electron chi connectivity index (χ0n) is 24.6. The van der Waals surface area contributed by atoms with E-state index in [9.17, 15) is 9.59 Å². The van der Waals surface area contributed by atoms with Crippen molar-refractivity contribution in [1.29, 1.82) is 0 Å². The molecule has 4 heterocycles. The van der Waals surface area contributed by atoms with Crippen LogP contribution >= 0.6 is 11.3 Å². The van der Waals surface area contributed by atoms with Gasteiger partial charge in [0, 0.05) is 55.3 Å². The molecule has 1 saturated carbocycles. The molecule has 9 heteroatoms. The fraction of sp³-hybridized carbons (Fsp3) is 0.645. The third-order valence-corrected chi connectivity index (χ3v) is 10.7. The molecule has 1 aliphatic carbocycles. The second-order valence-corrected chi connectivity index (χ2v) is 13.7. The molecule has 0 spiro atoms. The number of thiazole rings is 1. The molecular formula is C31H42N4O4S. The molecule has 216 valence electrons. The zero-order valence-corrected chi connectivity index (χ0v) is 25.4. The summed E-state index contributed by atoms with van der Waals surface area (Å²) in [6.07, 6.45) is 7.81. The van der Waals surface area contributed by atoms with Crippen molar-refractivity contribution in [2.24, 2.45) is 17.8 Å². The van der Waals surface area contributed by atoms with Gasteiger partial charge in [-0.05, 0) is 77.9 Å². The van der Waals surface area contributed by atoms with Crippen LogP contribution in [-0.4, -0.2) is 71.7 Å². The highest BCUT2D eigenvalue weighted by molar-refractivity contribution is 7.13.